The predicted molar refractivity (Wildman–Crippen MR) is 133 cm³/mol. The van der Waals surface area contributed by atoms with Crippen molar-refractivity contribution in [3.8, 4) is 11.5 Å². The van der Waals surface area contributed by atoms with Gasteiger partial charge in [-0.2, -0.15) is 0 Å². The molecule has 0 amide bonds. The highest BCUT2D eigenvalue weighted by atomic mass is 35.5. The monoisotopic (exact) mass is 458 g/mol. The summed E-state index contributed by atoms with van der Waals surface area (Å²) in [7, 11) is 0. The zero-order valence-corrected chi connectivity index (χ0v) is 19.7. The molecule has 5 nitrogen and oxygen atoms in total. The quantitative estimate of drug-likeness (QED) is 0.371. The Morgan fingerprint density at radius 2 is 1.55 bits per heavy atom. The SMILES string of the molecule is Cc1cccc(N2CCN([C@H](c3ccccc3)c3nnc(-c4ccc(Cl)cc4)o3)CC2)c1C. The van der Waals surface area contributed by atoms with E-state index in [2.05, 4.69) is 76.3 Å². The van der Waals surface area contributed by atoms with Gasteiger partial charge in [-0.15, -0.1) is 10.2 Å². The van der Waals surface area contributed by atoms with Crippen molar-refractivity contribution in [3.63, 3.8) is 0 Å². The lowest BCUT2D eigenvalue weighted by Gasteiger charge is -2.39. The molecule has 3 aromatic carbocycles. The summed E-state index contributed by atoms with van der Waals surface area (Å²) >= 11 is 6.03. The number of halogens is 1. The van der Waals surface area contributed by atoms with Gasteiger partial charge >= 0.3 is 0 Å². The van der Waals surface area contributed by atoms with Crippen molar-refractivity contribution < 1.29 is 4.42 Å². The number of nitrogens with zero attached hydrogens (tertiary/aromatic N) is 4. The van der Waals surface area contributed by atoms with E-state index in [0.29, 0.717) is 16.8 Å². The molecule has 5 rings (SSSR count). The van der Waals surface area contributed by atoms with E-state index in [4.69, 9.17) is 16.0 Å². The van der Waals surface area contributed by atoms with Gasteiger partial charge in [0.15, 0.2) is 0 Å². The second-order valence-corrected chi connectivity index (χ2v) is 8.94. The highest BCUT2D eigenvalue weighted by molar-refractivity contribution is 6.30. The van der Waals surface area contributed by atoms with Crippen LogP contribution < -0.4 is 4.90 Å². The van der Waals surface area contributed by atoms with Crippen molar-refractivity contribution in [1.82, 2.24) is 15.1 Å². The van der Waals surface area contributed by atoms with Crippen LogP contribution >= 0.6 is 11.6 Å². The summed E-state index contributed by atoms with van der Waals surface area (Å²) in [6, 6.07) is 24.4. The average molecular weight is 459 g/mol. The Balaban J connectivity index is 1.41. The predicted octanol–water partition coefficient (Wildman–Crippen LogP) is 5.92. The number of aromatic nitrogens is 2. The molecule has 4 aromatic rings. The fourth-order valence-electron chi connectivity index (χ4n) is 4.50. The number of anilines is 1. The van der Waals surface area contributed by atoms with Crippen molar-refractivity contribution in [2.45, 2.75) is 19.9 Å². The topological polar surface area (TPSA) is 45.4 Å². The van der Waals surface area contributed by atoms with Crippen LogP contribution in [-0.4, -0.2) is 41.3 Å². The van der Waals surface area contributed by atoms with Crippen molar-refractivity contribution >= 4 is 17.3 Å². The summed E-state index contributed by atoms with van der Waals surface area (Å²) in [5.74, 6) is 1.13. The van der Waals surface area contributed by atoms with Crippen LogP contribution in [-0.2, 0) is 0 Å². The summed E-state index contributed by atoms with van der Waals surface area (Å²) in [4.78, 5) is 4.92. The van der Waals surface area contributed by atoms with Crippen LogP contribution in [0.2, 0.25) is 5.02 Å². The van der Waals surface area contributed by atoms with Crippen molar-refractivity contribution in [3.05, 3.63) is 100 Å². The van der Waals surface area contributed by atoms with Gasteiger partial charge in [-0.25, -0.2) is 0 Å². The Kier molecular flexibility index (Phi) is 6.16. The van der Waals surface area contributed by atoms with E-state index in [0.717, 1.165) is 37.3 Å². The first-order valence-corrected chi connectivity index (χ1v) is 11.7. The second kappa shape index (κ2) is 9.38. The number of piperazine rings is 1. The summed E-state index contributed by atoms with van der Waals surface area (Å²) < 4.78 is 6.21. The molecular weight excluding hydrogens is 432 g/mol. The maximum absolute atomic E-state index is 6.21. The molecule has 0 aliphatic carbocycles. The Bertz CT molecular complexity index is 1210. The Labute approximate surface area is 199 Å². The van der Waals surface area contributed by atoms with Crippen LogP contribution in [0.15, 0.2) is 77.2 Å². The molecule has 1 aliphatic rings. The van der Waals surface area contributed by atoms with Gasteiger partial charge in [0, 0.05) is 42.5 Å². The first-order valence-electron chi connectivity index (χ1n) is 11.3. The molecule has 0 unspecified atom stereocenters. The van der Waals surface area contributed by atoms with Crippen LogP contribution in [0.5, 0.6) is 0 Å². The van der Waals surface area contributed by atoms with Crippen molar-refractivity contribution in [2.24, 2.45) is 0 Å². The van der Waals surface area contributed by atoms with Gasteiger partial charge in [-0.1, -0.05) is 54.1 Å². The molecule has 33 heavy (non-hydrogen) atoms. The van der Waals surface area contributed by atoms with Crippen LogP contribution in [0.1, 0.15) is 28.6 Å². The van der Waals surface area contributed by atoms with Gasteiger partial charge in [-0.05, 0) is 60.9 Å². The van der Waals surface area contributed by atoms with E-state index in [-0.39, 0.29) is 6.04 Å². The third-order valence-corrected chi connectivity index (χ3v) is 6.73. The van der Waals surface area contributed by atoms with Gasteiger partial charge in [0.05, 0.1) is 0 Å². The van der Waals surface area contributed by atoms with E-state index in [1.807, 2.05) is 30.3 Å². The molecule has 1 aliphatic heterocycles. The summed E-state index contributed by atoms with van der Waals surface area (Å²) in [6.45, 7) is 8.10. The van der Waals surface area contributed by atoms with E-state index in [1.165, 1.54) is 16.8 Å². The van der Waals surface area contributed by atoms with Gasteiger partial charge < -0.3 is 9.32 Å². The summed E-state index contributed by atoms with van der Waals surface area (Å²) in [5, 5.41) is 9.49. The highest BCUT2D eigenvalue weighted by Gasteiger charge is 2.31. The Morgan fingerprint density at radius 1 is 0.818 bits per heavy atom. The van der Waals surface area contributed by atoms with E-state index < -0.39 is 0 Å². The number of rotatable bonds is 5. The van der Waals surface area contributed by atoms with Crippen molar-refractivity contribution in [2.75, 3.05) is 31.1 Å². The fraction of sp³-hybridized carbons (Fsp3) is 0.259. The van der Waals surface area contributed by atoms with E-state index >= 15 is 0 Å². The number of aryl methyl sites for hydroxylation is 1. The van der Waals surface area contributed by atoms with Crippen LogP contribution in [0.4, 0.5) is 5.69 Å². The number of hydrogen-bond donors (Lipinski definition) is 0. The largest absolute Gasteiger partial charge is 0.419 e. The molecule has 0 saturated carbocycles. The lowest BCUT2D eigenvalue weighted by molar-refractivity contribution is 0.188. The van der Waals surface area contributed by atoms with Gasteiger partial charge in [0.2, 0.25) is 11.8 Å². The van der Waals surface area contributed by atoms with E-state index in [1.54, 1.807) is 0 Å². The van der Waals surface area contributed by atoms with Gasteiger partial charge in [0.25, 0.3) is 0 Å². The van der Waals surface area contributed by atoms with Crippen LogP contribution in [0.25, 0.3) is 11.5 Å². The fourth-order valence-corrected chi connectivity index (χ4v) is 4.62. The zero-order chi connectivity index (χ0) is 22.8. The summed E-state index contributed by atoms with van der Waals surface area (Å²) in [6.07, 6.45) is 0. The third-order valence-electron chi connectivity index (χ3n) is 6.48. The molecule has 0 spiro atoms. The number of hydrogen-bond acceptors (Lipinski definition) is 5. The molecule has 6 heteroatoms. The highest BCUT2D eigenvalue weighted by Crippen LogP contribution is 2.32. The Hall–Kier alpha value is -3.15. The van der Waals surface area contributed by atoms with E-state index in [9.17, 15) is 0 Å². The molecule has 168 valence electrons. The molecule has 0 N–H and O–H groups in total. The minimum atomic E-state index is -0.0829. The average Bonchev–Trinajstić information content (AvgIpc) is 3.32. The number of benzene rings is 3. The van der Waals surface area contributed by atoms with Gasteiger partial charge in [-0.3, -0.25) is 4.90 Å². The molecule has 2 heterocycles. The normalized spacial score (nSPS) is 15.5. The molecular formula is C27H27ClN4O. The van der Waals surface area contributed by atoms with Gasteiger partial charge in [0.1, 0.15) is 6.04 Å². The van der Waals surface area contributed by atoms with Crippen molar-refractivity contribution in [1.29, 1.82) is 0 Å². The smallest absolute Gasteiger partial charge is 0.247 e. The maximum Gasteiger partial charge on any atom is 0.247 e. The Morgan fingerprint density at radius 3 is 2.27 bits per heavy atom. The summed E-state index contributed by atoms with van der Waals surface area (Å²) in [5.41, 5.74) is 6.04. The minimum Gasteiger partial charge on any atom is -0.419 e. The molecule has 1 saturated heterocycles. The maximum atomic E-state index is 6.21. The van der Waals surface area contributed by atoms with Crippen LogP contribution in [0.3, 0.4) is 0 Å². The molecule has 0 radical (unpaired) electrons. The third kappa shape index (κ3) is 4.52. The lowest BCUT2D eigenvalue weighted by Crippen LogP contribution is -2.48. The second-order valence-electron chi connectivity index (χ2n) is 8.51. The first kappa shape index (κ1) is 21.7. The standard InChI is InChI=1S/C27H27ClN4O/c1-19-7-6-10-24(20(19)2)31-15-17-32(18-16-31)25(21-8-4-3-5-9-21)27-30-29-26(33-27)22-11-13-23(28)14-12-22/h3-14,25H,15-18H2,1-2H3/t25-/m1/s1. The molecule has 1 fully saturated rings. The first-order chi connectivity index (χ1) is 16.1. The molecule has 0 bridgehead atoms. The molecule has 1 atom stereocenters. The van der Waals surface area contributed by atoms with Crippen LogP contribution in [0, 0.1) is 13.8 Å². The molecule has 1 aromatic heterocycles. The minimum absolute atomic E-state index is 0.0829. The lowest BCUT2D eigenvalue weighted by atomic mass is 10.0. The zero-order valence-electron chi connectivity index (χ0n) is 18.9.